The van der Waals surface area contributed by atoms with Crippen molar-refractivity contribution in [3.8, 4) is 11.5 Å². The SMILES string of the molecule is CCC.CCCC(C)NC(=O)C1(C)Cn2c(cc3ccc(OC)cc32)C(=O)N1Cc1ccc(OC)cc1. The molecule has 37 heavy (non-hydrogen) atoms. The van der Waals surface area contributed by atoms with E-state index in [9.17, 15) is 9.59 Å². The van der Waals surface area contributed by atoms with E-state index in [-0.39, 0.29) is 17.9 Å². The lowest BCUT2D eigenvalue weighted by Gasteiger charge is -2.44. The van der Waals surface area contributed by atoms with Crippen LogP contribution in [0.25, 0.3) is 10.9 Å². The number of nitrogens with zero attached hydrogens (tertiary/aromatic N) is 2. The summed E-state index contributed by atoms with van der Waals surface area (Å²) < 4.78 is 12.6. The first-order valence-corrected chi connectivity index (χ1v) is 13.1. The van der Waals surface area contributed by atoms with Gasteiger partial charge in [-0.05, 0) is 56.2 Å². The van der Waals surface area contributed by atoms with E-state index in [4.69, 9.17) is 9.47 Å². The largest absolute Gasteiger partial charge is 0.497 e. The molecule has 2 atom stereocenters. The lowest BCUT2D eigenvalue weighted by atomic mass is 9.93. The zero-order chi connectivity index (χ0) is 27.2. The van der Waals surface area contributed by atoms with Crippen LogP contribution in [-0.4, -0.2) is 47.1 Å². The molecule has 2 aromatic carbocycles. The number of carbonyl (C=O) groups excluding carboxylic acids is 2. The Morgan fingerprint density at radius 3 is 2.24 bits per heavy atom. The Hall–Kier alpha value is -3.48. The van der Waals surface area contributed by atoms with E-state index >= 15 is 0 Å². The summed E-state index contributed by atoms with van der Waals surface area (Å²) in [5.41, 5.74) is 1.32. The van der Waals surface area contributed by atoms with Gasteiger partial charge in [0.1, 0.15) is 22.7 Å². The van der Waals surface area contributed by atoms with Crippen LogP contribution >= 0.6 is 0 Å². The van der Waals surface area contributed by atoms with Crippen LogP contribution in [0.15, 0.2) is 48.5 Å². The Morgan fingerprint density at radius 1 is 1.03 bits per heavy atom. The second kappa shape index (κ2) is 12.2. The summed E-state index contributed by atoms with van der Waals surface area (Å²) >= 11 is 0. The topological polar surface area (TPSA) is 72.8 Å². The van der Waals surface area contributed by atoms with E-state index in [0.717, 1.165) is 35.1 Å². The maximum atomic E-state index is 13.9. The number of hydrogen-bond acceptors (Lipinski definition) is 4. The molecule has 7 heteroatoms. The molecule has 200 valence electrons. The van der Waals surface area contributed by atoms with Crippen molar-refractivity contribution in [1.29, 1.82) is 0 Å². The third-order valence-electron chi connectivity index (χ3n) is 6.73. The van der Waals surface area contributed by atoms with Gasteiger partial charge in [-0.25, -0.2) is 0 Å². The number of rotatable bonds is 8. The lowest BCUT2D eigenvalue weighted by Crippen LogP contribution is -2.64. The minimum atomic E-state index is -1.07. The second-order valence-electron chi connectivity index (χ2n) is 9.92. The fourth-order valence-corrected chi connectivity index (χ4v) is 4.70. The van der Waals surface area contributed by atoms with Crippen molar-refractivity contribution in [2.75, 3.05) is 14.2 Å². The van der Waals surface area contributed by atoms with E-state index < -0.39 is 5.54 Å². The second-order valence-corrected chi connectivity index (χ2v) is 9.92. The van der Waals surface area contributed by atoms with Crippen molar-refractivity contribution < 1.29 is 19.1 Å². The number of carbonyl (C=O) groups is 2. The molecular weight excluding hydrogens is 466 g/mol. The maximum Gasteiger partial charge on any atom is 0.271 e. The number of nitrogens with one attached hydrogen (secondary N) is 1. The van der Waals surface area contributed by atoms with Crippen molar-refractivity contribution in [2.24, 2.45) is 0 Å². The molecule has 0 saturated heterocycles. The van der Waals surface area contributed by atoms with Gasteiger partial charge in [-0.3, -0.25) is 9.59 Å². The molecule has 0 radical (unpaired) electrons. The molecule has 3 aromatic rings. The first-order chi connectivity index (χ1) is 17.7. The molecule has 0 saturated carbocycles. The standard InChI is InChI=1S/C27H33N3O4.C3H8/c1-6-7-18(2)28-26(32)27(3)17-29-23-15-22(34-5)13-10-20(23)14-24(29)25(31)30(27)16-19-8-11-21(33-4)12-9-19;1-3-2/h8-15,18H,6-7,16-17H2,1-5H3,(H,28,32);3H2,1-2H3. The monoisotopic (exact) mass is 507 g/mol. The smallest absolute Gasteiger partial charge is 0.271 e. The van der Waals surface area contributed by atoms with Gasteiger partial charge in [0, 0.05) is 24.0 Å². The minimum absolute atomic E-state index is 0.0233. The Balaban J connectivity index is 0.00000121. The molecule has 0 bridgehead atoms. The van der Waals surface area contributed by atoms with E-state index in [0.29, 0.717) is 24.5 Å². The Labute approximate surface area is 220 Å². The molecule has 4 rings (SSSR count). The first kappa shape index (κ1) is 28.1. The molecule has 2 unspecified atom stereocenters. The first-order valence-electron chi connectivity index (χ1n) is 13.1. The molecule has 0 aliphatic carbocycles. The summed E-state index contributed by atoms with van der Waals surface area (Å²) in [6.07, 6.45) is 3.10. The van der Waals surface area contributed by atoms with E-state index in [1.807, 2.05) is 66.9 Å². The van der Waals surface area contributed by atoms with Crippen LogP contribution in [0.4, 0.5) is 0 Å². The van der Waals surface area contributed by atoms with Gasteiger partial charge in [-0.1, -0.05) is 45.7 Å². The predicted octanol–water partition coefficient (Wildman–Crippen LogP) is 5.79. The molecule has 1 N–H and O–H groups in total. The molecule has 2 amide bonds. The van der Waals surface area contributed by atoms with Crippen molar-refractivity contribution in [3.05, 3.63) is 59.8 Å². The highest BCUT2D eigenvalue weighted by Crippen LogP contribution is 2.35. The highest BCUT2D eigenvalue weighted by Gasteiger charge is 2.48. The van der Waals surface area contributed by atoms with Gasteiger partial charge in [0.2, 0.25) is 5.91 Å². The quantitative estimate of drug-likeness (QED) is 0.419. The fraction of sp³-hybridized carbons (Fsp3) is 0.467. The van der Waals surface area contributed by atoms with Crippen molar-refractivity contribution >= 4 is 22.7 Å². The van der Waals surface area contributed by atoms with Gasteiger partial charge < -0.3 is 24.3 Å². The molecule has 7 nitrogen and oxygen atoms in total. The number of aromatic nitrogens is 1. The van der Waals surface area contributed by atoms with Crippen molar-refractivity contribution in [1.82, 2.24) is 14.8 Å². The van der Waals surface area contributed by atoms with E-state index in [1.165, 1.54) is 6.42 Å². The lowest BCUT2D eigenvalue weighted by molar-refractivity contribution is -0.133. The summed E-state index contributed by atoms with van der Waals surface area (Å²) in [6, 6.07) is 15.3. The number of methoxy groups -OCH3 is 2. The predicted molar refractivity (Wildman–Crippen MR) is 148 cm³/mol. The molecule has 1 aromatic heterocycles. The van der Waals surface area contributed by atoms with Gasteiger partial charge in [-0.15, -0.1) is 0 Å². The molecular formula is C30H41N3O4. The fourth-order valence-electron chi connectivity index (χ4n) is 4.70. The van der Waals surface area contributed by atoms with Gasteiger partial charge in [-0.2, -0.15) is 0 Å². The van der Waals surface area contributed by atoms with Crippen LogP contribution in [0.2, 0.25) is 0 Å². The average molecular weight is 508 g/mol. The normalized spacial score (nSPS) is 17.5. The summed E-state index contributed by atoms with van der Waals surface area (Å²) in [5.74, 6) is 1.14. The highest BCUT2D eigenvalue weighted by atomic mass is 16.5. The van der Waals surface area contributed by atoms with Crippen LogP contribution < -0.4 is 14.8 Å². The zero-order valence-corrected chi connectivity index (χ0v) is 23.3. The van der Waals surface area contributed by atoms with Gasteiger partial charge in [0.15, 0.2) is 0 Å². The zero-order valence-electron chi connectivity index (χ0n) is 23.3. The van der Waals surface area contributed by atoms with Crippen LogP contribution in [0, 0.1) is 0 Å². The van der Waals surface area contributed by atoms with Gasteiger partial charge in [0.05, 0.1) is 26.3 Å². The Kier molecular flexibility index (Phi) is 9.24. The molecule has 1 aliphatic heterocycles. The van der Waals surface area contributed by atoms with Crippen molar-refractivity contribution in [2.45, 2.75) is 78.6 Å². The average Bonchev–Trinajstić information content (AvgIpc) is 3.25. The van der Waals surface area contributed by atoms with Crippen LogP contribution in [0.3, 0.4) is 0 Å². The third kappa shape index (κ3) is 5.92. The van der Waals surface area contributed by atoms with Gasteiger partial charge >= 0.3 is 0 Å². The number of benzene rings is 2. The summed E-state index contributed by atoms with van der Waals surface area (Å²) in [5, 5.41) is 4.09. The summed E-state index contributed by atoms with van der Waals surface area (Å²) in [4.78, 5) is 29.3. The van der Waals surface area contributed by atoms with Crippen molar-refractivity contribution in [3.63, 3.8) is 0 Å². The molecule has 2 heterocycles. The molecule has 1 aliphatic rings. The summed E-state index contributed by atoms with van der Waals surface area (Å²) in [7, 11) is 3.24. The molecule has 0 fully saturated rings. The third-order valence-corrected chi connectivity index (χ3v) is 6.73. The van der Waals surface area contributed by atoms with E-state index in [2.05, 4.69) is 26.1 Å². The van der Waals surface area contributed by atoms with E-state index in [1.54, 1.807) is 19.1 Å². The van der Waals surface area contributed by atoms with Crippen LogP contribution in [0.1, 0.15) is 69.9 Å². The Morgan fingerprint density at radius 2 is 1.65 bits per heavy atom. The number of ether oxygens (including phenoxy) is 2. The van der Waals surface area contributed by atoms with Crippen LogP contribution in [-0.2, 0) is 17.9 Å². The van der Waals surface area contributed by atoms with Crippen LogP contribution in [0.5, 0.6) is 11.5 Å². The molecule has 0 spiro atoms. The van der Waals surface area contributed by atoms with Gasteiger partial charge in [0.25, 0.3) is 5.91 Å². The number of fused-ring (bicyclic) bond motifs is 3. The Bertz CT molecular complexity index is 1220. The highest BCUT2D eigenvalue weighted by molar-refractivity contribution is 6.03. The number of hydrogen-bond donors (Lipinski definition) is 1. The summed E-state index contributed by atoms with van der Waals surface area (Å²) in [6.45, 7) is 10.9. The maximum absolute atomic E-state index is 13.9. The minimum Gasteiger partial charge on any atom is -0.497 e. The number of amides is 2.